The molecule has 22 heavy (non-hydrogen) atoms. The van der Waals surface area contributed by atoms with Gasteiger partial charge >= 0.3 is 0 Å². The molecule has 0 saturated heterocycles. The normalized spacial score (nSPS) is 12.0. The van der Waals surface area contributed by atoms with E-state index in [2.05, 4.69) is 5.32 Å². The van der Waals surface area contributed by atoms with Crippen LogP contribution in [0.5, 0.6) is 0 Å². The molecule has 0 radical (unpaired) electrons. The predicted molar refractivity (Wildman–Crippen MR) is 80.9 cm³/mol. The highest BCUT2D eigenvalue weighted by Crippen LogP contribution is 2.35. The van der Waals surface area contributed by atoms with Crippen molar-refractivity contribution in [3.63, 3.8) is 0 Å². The average molecular weight is 336 g/mol. The molecule has 5 nitrogen and oxygen atoms in total. The number of carbonyl (C=O) groups excluding carboxylic acids is 1. The number of amides is 1. The first kappa shape index (κ1) is 16.5. The van der Waals surface area contributed by atoms with Crippen molar-refractivity contribution >= 4 is 31.2 Å². The molecule has 0 bridgehead atoms. The average Bonchev–Trinajstić information content (AvgIpc) is 2.48. The van der Waals surface area contributed by atoms with Gasteiger partial charge in [0.2, 0.25) is 0 Å². The van der Waals surface area contributed by atoms with Gasteiger partial charge in [-0.2, -0.15) is 0 Å². The number of carbonyl (C=O) groups is 1. The van der Waals surface area contributed by atoms with E-state index in [1.165, 1.54) is 24.3 Å². The highest BCUT2D eigenvalue weighted by Gasteiger charge is 2.10. The van der Waals surface area contributed by atoms with Crippen molar-refractivity contribution in [2.75, 3.05) is 0 Å². The third kappa shape index (κ3) is 4.55. The third-order valence-corrected chi connectivity index (χ3v) is 3.83. The Kier molecular flexibility index (Phi) is 5.16. The zero-order chi connectivity index (χ0) is 16.2. The highest BCUT2D eigenvalue weighted by atomic mass is 35.5. The summed E-state index contributed by atoms with van der Waals surface area (Å²) >= 11 is 5.73. The lowest BCUT2D eigenvalue weighted by atomic mass is 10.2. The van der Waals surface area contributed by atoms with Gasteiger partial charge in [-0.1, -0.05) is 41.9 Å². The number of nitrogens with one attached hydrogen (secondary N) is 1. The minimum absolute atomic E-state index is 0.248. The fraction of sp³-hybridized carbons (Fsp3) is 0. The molecule has 0 aliphatic rings. The molecule has 0 aliphatic heterocycles. The highest BCUT2D eigenvalue weighted by molar-refractivity contribution is 7.53. The summed E-state index contributed by atoms with van der Waals surface area (Å²) in [6.45, 7) is 0. The van der Waals surface area contributed by atoms with Crippen LogP contribution < -0.4 is 15.1 Å². The molecule has 114 valence electrons. The van der Waals surface area contributed by atoms with E-state index < -0.39 is 18.9 Å². The van der Waals surface area contributed by atoms with E-state index in [-0.39, 0.29) is 5.56 Å². The molecule has 0 heterocycles. The fourth-order valence-corrected chi connectivity index (χ4v) is 2.35. The van der Waals surface area contributed by atoms with Crippen molar-refractivity contribution < 1.29 is 19.1 Å². The van der Waals surface area contributed by atoms with Crippen molar-refractivity contribution in [3.05, 3.63) is 76.2 Å². The van der Waals surface area contributed by atoms with Crippen molar-refractivity contribution in [2.24, 2.45) is 0 Å². The molecule has 0 aliphatic carbocycles. The molecule has 2 aromatic rings. The maximum absolute atomic E-state index is 12.0. The van der Waals surface area contributed by atoms with Crippen molar-refractivity contribution in [2.45, 2.75) is 0 Å². The predicted octanol–water partition coefficient (Wildman–Crippen LogP) is 1.98. The van der Waals surface area contributed by atoms with Crippen LogP contribution in [0.2, 0.25) is 5.02 Å². The Morgan fingerprint density at radius 2 is 1.64 bits per heavy atom. The summed E-state index contributed by atoms with van der Waals surface area (Å²) in [6.07, 6.45) is 1.10. The first-order valence-electron chi connectivity index (χ1n) is 6.22. The summed E-state index contributed by atoms with van der Waals surface area (Å²) in [6, 6.07) is 14.2. The van der Waals surface area contributed by atoms with Crippen LogP contribution in [0.1, 0.15) is 15.9 Å². The van der Waals surface area contributed by atoms with Gasteiger partial charge < -0.3 is 19.7 Å². The van der Waals surface area contributed by atoms with Crippen molar-refractivity contribution in [1.82, 2.24) is 5.32 Å². The minimum Gasteiger partial charge on any atom is -0.806 e. The van der Waals surface area contributed by atoms with Gasteiger partial charge in [0.05, 0.1) is 5.44 Å². The summed E-state index contributed by atoms with van der Waals surface area (Å²) in [5, 5.41) is 2.61. The molecule has 0 atom stereocenters. The van der Waals surface area contributed by atoms with Gasteiger partial charge in [-0.3, -0.25) is 4.79 Å². The Morgan fingerprint density at radius 1 is 1.05 bits per heavy atom. The van der Waals surface area contributed by atoms with Gasteiger partial charge in [-0.25, -0.2) is 0 Å². The standard InChI is InChI=1S/C15H13ClNO4P/c16-13-8-6-11(7-9-13)10-14(22(19,20)21)17-15(18)12-4-2-1-3-5-12/h1-10H,(H,17,18)(H2,19,20,21)/p-2/b14-10-. The van der Waals surface area contributed by atoms with Gasteiger partial charge in [0.15, 0.2) is 0 Å². The maximum Gasteiger partial charge on any atom is 0.255 e. The smallest absolute Gasteiger partial charge is 0.255 e. The second kappa shape index (κ2) is 6.90. The van der Waals surface area contributed by atoms with Crippen LogP contribution in [0.25, 0.3) is 6.08 Å². The van der Waals surface area contributed by atoms with Gasteiger partial charge in [-0.15, -0.1) is 0 Å². The van der Waals surface area contributed by atoms with E-state index in [1.807, 2.05) is 0 Å². The number of hydrogen-bond donors (Lipinski definition) is 1. The molecule has 2 aromatic carbocycles. The molecule has 2 rings (SSSR count). The number of benzene rings is 2. The van der Waals surface area contributed by atoms with E-state index in [9.17, 15) is 19.1 Å². The second-order valence-corrected chi connectivity index (χ2v) is 6.31. The van der Waals surface area contributed by atoms with Gasteiger partial charge in [0.1, 0.15) is 0 Å². The molecule has 0 spiro atoms. The molecule has 7 heteroatoms. The lowest BCUT2D eigenvalue weighted by molar-refractivity contribution is -0.310. The Balaban J connectivity index is 2.30. The largest absolute Gasteiger partial charge is 0.806 e. The zero-order valence-electron chi connectivity index (χ0n) is 11.2. The molecule has 1 amide bonds. The Labute approximate surface area is 132 Å². The summed E-state index contributed by atoms with van der Waals surface area (Å²) in [5.41, 5.74) is -0.0127. The van der Waals surface area contributed by atoms with E-state index in [0.29, 0.717) is 10.6 Å². The summed E-state index contributed by atoms with van der Waals surface area (Å²) in [5.74, 6) is -0.673. The van der Waals surface area contributed by atoms with Crippen LogP contribution >= 0.6 is 19.2 Å². The van der Waals surface area contributed by atoms with Gasteiger partial charge in [0, 0.05) is 10.6 Å². The number of hydrogen-bond acceptors (Lipinski definition) is 4. The van der Waals surface area contributed by atoms with Gasteiger partial charge in [0.25, 0.3) is 5.91 Å². The van der Waals surface area contributed by atoms with Crippen LogP contribution in [0, 0.1) is 0 Å². The molecule has 0 unspecified atom stereocenters. The fourth-order valence-electron chi connectivity index (χ4n) is 1.68. The molecule has 1 N–H and O–H groups in total. The van der Waals surface area contributed by atoms with E-state index in [0.717, 1.165) is 6.08 Å². The van der Waals surface area contributed by atoms with Crippen LogP contribution in [0.3, 0.4) is 0 Å². The quantitative estimate of drug-likeness (QED) is 0.865. The van der Waals surface area contributed by atoms with Crippen LogP contribution in [-0.4, -0.2) is 5.91 Å². The molecule has 0 saturated carbocycles. The van der Waals surface area contributed by atoms with E-state index in [1.54, 1.807) is 30.3 Å². The Morgan fingerprint density at radius 3 is 2.18 bits per heavy atom. The first-order valence-corrected chi connectivity index (χ1v) is 8.14. The molecule has 0 fully saturated rings. The van der Waals surface area contributed by atoms with Crippen molar-refractivity contribution in [3.8, 4) is 0 Å². The van der Waals surface area contributed by atoms with Crippen LogP contribution in [-0.2, 0) is 4.57 Å². The Bertz CT molecular complexity index is 738. The maximum atomic E-state index is 12.0. The lowest BCUT2D eigenvalue weighted by Gasteiger charge is -2.32. The molecular weight excluding hydrogens is 325 g/mol. The summed E-state index contributed by atoms with van der Waals surface area (Å²) in [7, 11) is -5.13. The number of rotatable bonds is 4. The first-order chi connectivity index (χ1) is 10.4. The number of halogens is 1. The van der Waals surface area contributed by atoms with E-state index >= 15 is 0 Å². The zero-order valence-corrected chi connectivity index (χ0v) is 12.9. The van der Waals surface area contributed by atoms with Crippen LogP contribution in [0.4, 0.5) is 0 Å². The topological polar surface area (TPSA) is 92.3 Å². The Hall–Kier alpha value is -1.91. The third-order valence-electron chi connectivity index (χ3n) is 2.75. The summed E-state index contributed by atoms with van der Waals surface area (Å²) in [4.78, 5) is 34.6. The monoisotopic (exact) mass is 335 g/mol. The molecular formula is C15H11ClNO4P-2. The van der Waals surface area contributed by atoms with Crippen molar-refractivity contribution in [1.29, 1.82) is 0 Å². The minimum atomic E-state index is -5.13. The second-order valence-electron chi connectivity index (χ2n) is 4.40. The van der Waals surface area contributed by atoms with Crippen LogP contribution in [0.15, 0.2) is 60.0 Å². The van der Waals surface area contributed by atoms with Gasteiger partial charge in [-0.05, 0) is 43.5 Å². The summed E-state index contributed by atoms with van der Waals surface area (Å²) < 4.78 is 11.3. The molecule has 0 aromatic heterocycles. The van der Waals surface area contributed by atoms with E-state index in [4.69, 9.17) is 11.6 Å². The lowest BCUT2D eigenvalue weighted by Crippen LogP contribution is -2.29. The SMILES string of the molecule is O=C(N/C(=C/c1ccc(Cl)cc1)P(=O)([O-])[O-])c1ccccc1.